The van der Waals surface area contributed by atoms with Crippen LogP contribution in [0.3, 0.4) is 0 Å². The highest BCUT2D eigenvalue weighted by molar-refractivity contribution is 6.04. The second-order valence-electron chi connectivity index (χ2n) is 13.6. The van der Waals surface area contributed by atoms with Gasteiger partial charge in [0.05, 0.1) is 5.52 Å². The minimum Gasteiger partial charge on any atom is -0.264 e. The van der Waals surface area contributed by atoms with Crippen LogP contribution >= 0.6 is 0 Å². The molecule has 4 aromatic heterocycles. The molecule has 6 heteroatoms. The molecule has 10 rings (SSSR count). The molecule has 0 saturated heterocycles. The third-order valence-corrected chi connectivity index (χ3v) is 10.1. The minimum absolute atomic E-state index is 0.474. The third kappa shape index (κ3) is 6.15. The number of fused-ring (bicyclic) bond motifs is 2. The maximum absolute atomic E-state index is 5.27. The van der Waals surface area contributed by atoms with Crippen molar-refractivity contribution in [2.24, 2.45) is 0 Å². The third-order valence-electron chi connectivity index (χ3n) is 10.1. The van der Waals surface area contributed by atoms with Gasteiger partial charge in [0.15, 0.2) is 17.5 Å². The highest BCUT2D eigenvalue weighted by Crippen LogP contribution is 2.38. The van der Waals surface area contributed by atoms with E-state index in [-0.39, 0.29) is 0 Å². The second kappa shape index (κ2) is 14.3. The smallest absolute Gasteiger partial charge is 0.183 e. The van der Waals surface area contributed by atoms with Crippen molar-refractivity contribution in [1.29, 1.82) is 0 Å². The van der Waals surface area contributed by atoms with Gasteiger partial charge in [-0.3, -0.25) is 15.0 Å². The first-order valence-corrected chi connectivity index (χ1v) is 18.5. The van der Waals surface area contributed by atoms with E-state index in [0.717, 1.165) is 77.3 Å². The van der Waals surface area contributed by atoms with E-state index in [0.29, 0.717) is 23.2 Å². The van der Waals surface area contributed by atoms with E-state index in [9.17, 15) is 0 Å². The monoisotopic (exact) mass is 716 g/mol. The Morgan fingerprint density at radius 1 is 0.304 bits per heavy atom. The number of benzene rings is 6. The fraction of sp³-hybridized carbons (Fsp3) is 0. The molecule has 0 unspecified atom stereocenters. The molecule has 0 N–H and O–H groups in total. The van der Waals surface area contributed by atoms with Crippen LogP contribution in [0.25, 0.3) is 100 Å². The van der Waals surface area contributed by atoms with Crippen LogP contribution in [0.5, 0.6) is 0 Å². The predicted molar refractivity (Wildman–Crippen MR) is 226 cm³/mol. The molecule has 0 aliphatic rings. The summed E-state index contributed by atoms with van der Waals surface area (Å²) in [7, 11) is 0. The summed E-state index contributed by atoms with van der Waals surface area (Å²) in [6.07, 6.45) is 7.37. The molecule has 6 aromatic carbocycles. The van der Waals surface area contributed by atoms with Crippen LogP contribution in [-0.2, 0) is 0 Å². The molecule has 56 heavy (non-hydrogen) atoms. The number of pyridine rings is 3. The molecule has 0 spiro atoms. The Morgan fingerprint density at radius 2 is 0.857 bits per heavy atom. The van der Waals surface area contributed by atoms with Gasteiger partial charge in [0.2, 0.25) is 0 Å². The fourth-order valence-corrected chi connectivity index (χ4v) is 7.43. The molecule has 0 aliphatic carbocycles. The topological polar surface area (TPSA) is 77.3 Å². The van der Waals surface area contributed by atoms with Crippen molar-refractivity contribution < 1.29 is 0 Å². The SMILES string of the molecule is c1ccc(-c2cc(-c3ccccc3)cc(-c3nc(-c4ncc(-c5cccnc5)c5ccccc45)nc(-c4ccc(-c5ccccc5)c5cccnc45)n3)c2)cc1. The Balaban J connectivity index is 1.24. The van der Waals surface area contributed by atoms with Gasteiger partial charge < -0.3 is 0 Å². The molecule has 0 bridgehead atoms. The molecular formula is C50H32N6. The van der Waals surface area contributed by atoms with Crippen LogP contribution < -0.4 is 0 Å². The summed E-state index contributed by atoms with van der Waals surface area (Å²) in [6, 6.07) is 58.3. The standard InChI is InChI=1S/C50H32N6/c1-4-14-33(15-5-1)37-28-38(34-16-6-2-7-17-34)30-39(29-37)48-54-49(44-25-24-40(35-18-8-3-9-19-35)42-23-13-27-52-46(42)44)56-50(55-48)47-43-22-11-10-21-41(43)45(32-53-47)36-20-12-26-51-31-36/h1-32H. The molecule has 0 aliphatic heterocycles. The van der Waals surface area contributed by atoms with E-state index in [1.54, 1.807) is 6.20 Å². The summed E-state index contributed by atoms with van der Waals surface area (Å²) in [5.41, 5.74) is 11.7. The zero-order valence-electron chi connectivity index (χ0n) is 30.2. The molecule has 0 fully saturated rings. The first kappa shape index (κ1) is 32.9. The fourth-order valence-electron chi connectivity index (χ4n) is 7.43. The average Bonchev–Trinajstić information content (AvgIpc) is 3.29. The Hall–Kier alpha value is -7.70. The van der Waals surface area contributed by atoms with Crippen molar-refractivity contribution >= 4 is 21.7 Å². The van der Waals surface area contributed by atoms with E-state index in [4.69, 9.17) is 24.9 Å². The van der Waals surface area contributed by atoms with E-state index < -0.39 is 0 Å². The van der Waals surface area contributed by atoms with Crippen LogP contribution in [0.15, 0.2) is 195 Å². The average molecular weight is 717 g/mol. The van der Waals surface area contributed by atoms with Crippen molar-refractivity contribution in [3.63, 3.8) is 0 Å². The maximum atomic E-state index is 5.27. The lowest BCUT2D eigenvalue weighted by Gasteiger charge is -2.15. The summed E-state index contributed by atoms with van der Waals surface area (Å²) >= 11 is 0. The summed E-state index contributed by atoms with van der Waals surface area (Å²) in [5.74, 6) is 1.53. The number of hydrogen-bond acceptors (Lipinski definition) is 6. The molecule has 0 amide bonds. The van der Waals surface area contributed by atoms with Crippen molar-refractivity contribution in [2.75, 3.05) is 0 Å². The van der Waals surface area contributed by atoms with Gasteiger partial charge in [-0.1, -0.05) is 133 Å². The number of nitrogens with zero attached hydrogens (tertiary/aromatic N) is 6. The van der Waals surface area contributed by atoms with Gasteiger partial charge in [0, 0.05) is 57.8 Å². The number of aromatic nitrogens is 6. The van der Waals surface area contributed by atoms with Gasteiger partial charge in [-0.25, -0.2) is 15.0 Å². The lowest BCUT2D eigenvalue weighted by molar-refractivity contribution is 1.06. The first-order valence-electron chi connectivity index (χ1n) is 18.5. The molecule has 0 saturated carbocycles. The van der Waals surface area contributed by atoms with Gasteiger partial charge >= 0.3 is 0 Å². The lowest BCUT2D eigenvalue weighted by atomic mass is 9.95. The Kier molecular flexibility index (Phi) is 8.39. The van der Waals surface area contributed by atoms with Crippen LogP contribution in [0.2, 0.25) is 0 Å². The Morgan fingerprint density at radius 3 is 1.55 bits per heavy atom. The molecule has 0 radical (unpaired) electrons. The van der Waals surface area contributed by atoms with Gasteiger partial charge in [-0.05, 0) is 75.2 Å². The lowest BCUT2D eigenvalue weighted by Crippen LogP contribution is -2.03. The van der Waals surface area contributed by atoms with Crippen molar-refractivity contribution in [2.45, 2.75) is 0 Å². The number of hydrogen-bond donors (Lipinski definition) is 0. The van der Waals surface area contributed by atoms with Crippen molar-refractivity contribution in [1.82, 2.24) is 29.9 Å². The first-order chi connectivity index (χ1) is 27.8. The maximum Gasteiger partial charge on any atom is 0.183 e. The number of rotatable bonds is 7. The Bertz CT molecular complexity index is 2810. The van der Waals surface area contributed by atoms with Crippen LogP contribution in [0, 0.1) is 0 Å². The Labute approximate surface area is 324 Å². The summed E-state index contributed by atoms with van der Waals surface area (Å²) in [6.45, 7) is 0. The molecule has 10 aromatic rings. The summed E-state index contributed by atoms with van der Waals surface area (Å²) < 4.78 is 0. The van der Waals surface area contributed by atoms with Crippen LogP contribution in [0.1, 0.15) is 0 Å². The largest absolute Gasteiger partial charge is 0.264 e. The van der Waals surface area contributed by atoms with Gasteiger partial charge in [-0.2, -0.15) is 0 Å². The zero-order valence-corrected chi connectivity index (χ0v) is 30.2. The molecule has 0 atom stereocenters. The highest BCUT2D eigenvalue weighted by atomic mass is 15.0. The molecule has 4 heterocycles. The van der Waals surface area contributed by atoms with E-state index in [1.807, 2.05) is 61.1 Å². The molecule has 262 valence electrons. The normalized spacial score (nSPS) is 11.2. The van der Waals surface area contributed by atoms with Gasteiger partial charge in [0.25, 0.3) is 0 Å². The van der Waals surface area contributed by atoms with Crippen molar-refractivity contribution in [3.8, 4) is 78.8 Å². The van der Waals surface area contributed by atoms with Crippen LogP contribution in [-0.4, -0.2) is 29.9 Å². The summed E-state index contributed by atoms with van der Waals surface area (Å²) in [4.78, 5) is 30.1. The second-order valence-corrected chi connectivity index (χ2v) is 13.6. The highest BCUT2D eigenvalue weighted by Gasteiger charge is 2.20. The van der Waals surface area contributed by atoms with Gasteiger partial charge in [0.1, 0.15) is 5.69 Å². The van der Waals surface area contributed by atoms with E-state index in [2.05, 4.69) is 132 Å². The van der Waals surface area contributed by atoms with Crippen molar-refractivity contribution in [3.05, 3.63) is 195 Å². The quantitative estimate of drug-likeness (QED) is 0.163. The zero-order chi connectivity index (χ0) is 37.3. The summed E-state index contributed by atoms with van der Waals surface area (Å²) in [5, 5.41) is 2.98. The molecular weight excluding hydrogens is 685 g/mol. The van der Waals surface area contributed by atoms with Gasteiger partial charge in [-0.15, -0.1) is 0 Å². The van der Waals surface area contributed by atoms with Crippen LogP contribution in [0.4, 0.5) is 0 Å². The predicted octanol–water partition coefficient (Wildman–Crippen LogP) is 12.0. The molecule has 6 nitrogen and oxygen atoms in total. The minimum atomic E-state index is 0.474. The van der Waals surface area contributed by atoms with E-state index in [1.165, 1.54) is 0 Å². The van der Waals surface area contributed by atoms with E-state index >= 15 is 0 Å².